The van der Waals surface area contributed by atoms with Gasteiger partial charge in [0.05, 0.1) is 0 Å². The van der Waals surface area contributed by atoms with E-state index in [-0.39, 0.29) is 24.8 Å². The molecule has 0 heterocycles. The van der Waals surface area contributed by atoms with Gasteiger partial charge in [-0.25, -0.2) is 4.39 Å². The minimum Gasteiger partial charge on any atom is -0.489 e. The summed E-state index contributed by atoms with van der Waals surface area (Å²) in [5.41, 5.74) is 6.53. The maximum atomic E-state index is 12.9. The third-order valence-electron chi connectivity index (χ3n) is 4.34. The SMILES string of the molecule is O=C(CCc1ccc(F)cc1)NNC(=O)COc1ccc(OCc2ccccc2)cc1. The minimum atomic E-state index is -0.487. The van der Waals surface area contributed by atoms with E-state index in [9.17, 15) is 14.0 Å². The van der Waals surface area contributed by atoms with Gasteiger partial charge in [0.2, 0.25) is 5.91 Å². The van der Waals surface area contributed by atoms with Crippen molar-refractivity contribution >= 4 is 11.8 Å². The molecule has 0 aliphatic heterocycles. The van der Waals surface area contributed by atoms with Gasteiger partial charge >= 0.3 is 0 Å². The van der Waals surface area contributed by atoms with Crippen molar-refractivity contribution in [2.24, 2.45) is 0 Å². The van der Waals surface area contributed by atoms with Crippen LogP contribution in [-0.2, 0) is 22.6 Å². The van der Waals surface area contributed by atoms with Gasteiger partial charge in [0.1, 0.15) is 23.9 Å². The highest BCUT2D eigenvalue weighted by molar-refractivity contribution is 5.82. The van der Waals surface area contributed by atoms with Crippen LogP contribution in [0.3, 0.4) is 0 Å². The third kappa shape index (κ3) is 7.81. The number of carbonyl (C=O) groups is 2. The van der Waals surface area contributed by atoms with Gasteiger partial charge in [0.15, 0.2) is 6.61 Å². The molecule has 2 amide bonds. The molecule has 0 aromatic heterocycles. The van der Waals surface area contributed by atoms with Crippen molar-refractivity contribution in [2.45, 2.75) is 19.4 Å². The first-order valence-electron chi connectivity index (χ1n) is 9.80. The zero-order chi connectivity index (χ0) is 21.9. The molecule has 0 aliphatic carbocycles. The van der Waals surface area contributed by atoms with Crippen molar-refractivity contribution in [3.8, 4) is 11.5 Å². The van der Waals surface area contributed by atoms with Gasteiger partial charge in [0, 0.05) is 6.42 Å². The van der Waals surface area contributed by atoms with Crippen LogP contribution in [0.1, 0.15) is 17.5 Å². The number of hydrogen-bond donors (Lipinski definition) is 2. The summed E-state index contributed by atoms with van der Waals surface area (Å²) in [6, 6.07) is 22.7. The number of nitrogens with one attached hydrogen (secondary N) is 2. The predicted octanol–water partition coefficient (Wildman–Crippen LogP) is 3.56. The molecular weight excluding hydrogens is 399 g/mol. The summed E-state index contributed by atoms with van der Waals surface area (Å²) in [6.07, 6.45) is 0.606. The lowest BCUT2D eigenvalue weighted by molar-refractivity contribution is -0.130. The summed E-state index contributed by atoms with van der Waals surface area (Å²) >= 11 is 0. The topological polar surface area (TPSA) is 76.7 Å². The molecule has 0 saturated heterocycles. The largest absolute Gasteiger partial charge is 0.489 e. The van der Waals surface area contributed by atoms with Gasteiger partial charge in [-0.05, 0) is 53.9 Å². The lowest BCUT2D eigenvalue weighted by Crippen LogP contribution is -2.43. The van der Waals surface area contributed by atoms with Crippen LogP contribution >= 0.6 is 0 Å². The van der Waals surface area contributed by atoms with Crippen LogP contribution in [0.2, 0.25) is 0 Å². The number of carbonyl (C=O) groups excluding carboxylic acids is 2. The number of aryl methyl sites for hydroxylation is 1. The molecule has 0 unspecified atom stereocenters. The monoisotopic (exact) mass is 422 g/mol. The first kappa shape index (κ1) is 21.8. The Morgan fingerprint density at radius 2 is 1.32 bits per heavy atom. The maximum absolute atomic E-state index is 12.9. The molecule has 6 nitrogen and oxygen atoms in total. The van der Waals surface area contributed by atoms with E-state index in [1.807, 2.05) is 30.3 Å². The average Bonchev–Trinajstić information content (AvgIpc) is 2.81. The Hall–Kier alpha value is -3.87. The van der Waals surface area contributed by atoms with E-state index in [1.54, 1.807) is 36.4 Å². The fourth-order valence-electron chi connectivity index (χ4n) is 2.67. The highest BCUT2D eigenvalue weighted by Crippen LogP contribution is 2.18. The highest BCUT2D eigenvalue weighted by Gasteiger charge is 2.07. The van der Waals surface area contributed by atoms with E-state index < -0.39 is 5.91 Å². The summed E-state index contributed by atoms with van der Waals surface area (Å²) < 4.78 is 24.0. The summed E-state index contributed by atoms with van der Waals surface area (Å²) in [7, 11) is 0. The van der Waals surface area contributed by atoms with E-state index in [4.69, 9.17) is 9.47 Å². The molecule has 3 rings (SSSR count). The molecule has 160 valence electrons. The second-order valence-electron chi connectivity index (χ2n) is 6.76. The number of amides is 2. The Morgan fingerprint density at radius 3 is 2.00 bits per heavy atom. The molecule has 0 aliphatic rings. The van der Waals surface area contributed by atoms with E-state index in [2.05, 4.69) is 10.9 Å². The van der Waals surface area contributed by atoms with E-state index in [0.717, 1.165) is 11.1 Å². The Kier molecular flexibility index (Phi) is 7.99. The molecule has 3 aromatic carbocycles. The van der Waals surface area contributed by atoms with Crippen LogP contribution in [0.5, 0.6) is 11.5 Å². The standard InChI is InChI=1S/C24H23FN2O4/c25-20-9-6-18(7-10-20)8-15-23(28)26-27-24(29)17-31-22-13-11-21(12-14-22)30-16-19-4-2-1-3-5-19/h1-7,9-14H,8,15-17H2,(H,26,28)(H,27,29). The Balaban J connectivity index is 1.32. The van der Waals surface area contributed by atoms with Crippen molar-refractivity contribution < 1.29 is 23.5 Å². The molecule has 0 fully saturated rings. The second-order valence-corrected chi connectivity index (χ2v) is 6.76. The molecule has 2 N–H and O–H groups in total. The first-order valence-corrected chi connectivity index (χ1v) is 9.80. The average molecular weight is 422 g/mol. The van der Waals surface area contributed by atoms with Crippen LogP contribution in [0.4, 0.5) is 4.39 Å². The fraction of sp³-hybridized carbons (Fsp3) is 0.167. The number of hydrogen-bond acceptors (Lipinski definition) is 4. The predicted molar refractivity (Wildman–Crippen MR) is 114 cm³/mol. The molecule has 0 radical (unpaired) electrons. The Bertz CT molecular complexity index is 977. The molecule has 31 heavy (non-hydrogen) atoms. The maximum Gasteiger partial charge on any atom is 0.276 e. The summed E-state index contributed by atoms with van der Waals surface area (Å²) in [5, 5.41) is 0. The zero-order valence-electron chi connectivity index (χ0n) is 16.8. The van der Waals surface area contributed by atoms with Crippen molar-refractivity contribution in [1.82, 2.24) is 10.9 Å². The van der Waals surface area contributed by atoms with E-state index >= 15 is 0 Å². The molecule has 0 saturated carbocycles. The molecule has 0 spiro atoms. The highest BCUT2D eigenvalue weighted by atomic mass is 19.1. The number of hydrazine groups is 1. The Morgan fingerprint density at radius 1 is 0.710 bits per heavy atom. The van der Waals surface area contributed by atoms with Crippen molar-refractivity contribution in [3.63, 3.8) is 0 Å². The molecular formula is C24H23FN2O4. The number of halogens is 1. The molecule has 7 heteroatoms. The van der Waals surface area contributed by atoms with Gasteiger partial charge < -0.3 is 9.47 Å². The summed E-state index contributed by atoms with van der Waals surface area (Å²) in [6.45, 7) is 0.215. The van der Waals surface area contributed by atoms with Crippen molar-refractivity contribution in [3.05, 3.63) is 95.8 Å². The smallest absolute Gasteiger partial charge is 0.276 e. The van der Waals surface area contributed by atoms with Gasteiger partial charge in [-0.2, -0.15) is 0 Å². The summed E-state index contributed by atoms with van der Waals surface area (Å²) in [4.78, 5) is 23.7. The van der Waals surface area contributed by atoms with Crippen LogP contribution < -0.4 is 20.3 Å². The van der Waals surface area contributed by atoms with Crippen LogP contribution in [0, 0.1) is 5.82 Å². The normalized spacial score (nSPS) is 10.2. The van der Waals surface area contributed by atoms with Crippen LogP contribution in [-0.4, -0.2) is 18.4 Å². The first-order chi connectivity index (χ1) is 15.1. The van der Waals surface area contributed by atoms with E-state index in [1.165, 1.54) is 12.1 Å². The van der Waals surface area contributed by atoms with Gasteiger partial charge in [-0.15, -0.1) is 0 Å². The van der Waals surface area contributed by atoms with Gasteiger partial charge in [-0.1, -0.05) is 42.5 Å². The minimum absolute atomic E-state index is 0.164. The van der Waals surface area contributed by atoms with Crippen LogP contribution in [0.15, 0.2) is 78.9 Å². The second kappa shape index (κ2) is 11.3. The van der Waals surface area contributed by atoms with Gasteiger partial charge in [-0.3, -0.25) is 20.4 Å². The van der Waals surface area contributed by atoms with Crippen molar-refractivity contribution in [2.75, 3.05) is 6.61 Å². The third-order valence-corrected chi connectivity index (χ3v) is 4.34. The zero-order valence-corrected chi connectivity index (χ0v) is 16.8. The van der Waals surface area contributed by atoms with Crippen molar-refractivity contribution in [1.29, 1.82) is 0 Å². The number of ether oxygens (including phenoxy) is 2. The molecule has 3 aromatic rings. The quantitative estimate of drug-likeness (QED) is 0.517. The lowest BCUT2D eigenvalue weighted by atomic mass is 10.1. The van der Waals surface area contributed by atoms with E-state index in [0.29, 0.717) is 24.5 Å². The molecule has 0 atom stereocenters. The summed E-state index contributed by atoms with van der Waals surface area (Å²) in [5.74, 6) is 0.0332. The fourth-order valence-corrected chi connectivity index (χ4v) is 2.67. The molecule has 0 bridgehead atoms. The number of rotatable bonds is 9. The number of benzene rings is 3. The Labute approximate surface area is 180 Å². The lowest BCUT2D eigenvalue weighted by Gasteiger charge is -2.10. The van der Waals surface area contributed by atoms with Crippen LogP contribution in [0.25, 0.3) is 0 Å². The van der Waals surface area contributed by atoms with Gasteiger partial charge in [0.25, 0.3) is 5.91 Å².